The van der Waals surface area contributed by atoms with E-state index in [9.17, 15) is 0 Å². The Balaban J connectivity index is 1.05. The summed E-state index contributed by atoms with van der Waals surface area (Å²) in [7, 11) is 0. The Kier molecular flexibility index (Phi) is 5.94. The summed E-state index contributed by atoms with van der Waals surface area (Å²) in [5.74, 6) is 14.5. The minimum atomic E-state index is 0.208. The van der Waals surface area contributed by atoms with Crippen molar-refractivity contribution in [2.24, 2.45) is 23.7 Å². The van der Waals surface area contributed by atoms with Gasteiger partial charge in [0.1, 0.15) is 0 Å². The molecule has 46 heavy (non-hydrogen) atoms. The van der Waals surface area contributed by atoms with Crippen molar-refractivity contribution in [3.63, 3.8) is 0 Å². The molecule has 8 bridgehead atoms. The first-order chi connectivity index (χ1) is 22.3. The molecule has 8 aliphatic carbocycles. The third-order valence-corrected chi connectivity index (χ3v) is 14.1. The third-order valence-electron chi connectivity index (χ3n) is 14.1. The van der Waals surface area contributed by atoms with Crippen LogP contribution in [0.3, 0.4) is 0 Å². The van der Waals surface area contributed by atoms with E-state index in [1.807, 2.05) is 0 Å². The van der Waals surface area contributed by atoms with Crippen molar-refractivity contribution in [1.82, 2.24) is 0 Å². The molecule has 4 unspecified atom stereocenters. The molecule has 0 N–H and O–H groups in total. The molecular weight excluding hydrogens is 553 g/mol. The van der Waals surface area contributed by atoms with Crippen molar-refractivity contribution < 1.29 is 0 Å². The maximum Gasteiger partial charge on any atom is 0.0402 e. The number of hydrogen-bond acceptors (Lipinski definition) is 0. The zero-order valence-electron chi connectivity index (χ0n) is 26.9. The lowest BCUT2D eigenvalue weighted by molar-refractivity contribution is -0.0297. The molecule has 0 heterocycles. The Hall–Kier alpha value is -4.10. The van der Waals surface area contributed by atoms with Gasteiger partial charge in [0, 0.05) is 22.3 Å². The summed E-state index contributed by atoms with van der Waals surface area (Å²) < 4.78 is 0. The van der Waals surface area contributed by atoms with Gasteiger partial charge in [-0.15, -0.1) is 25.7 Å². The second-order valence-corrected chi connectivity index (χ2v) is 16.7. The predicted molar refractivity (Wildman–Crippen MR) is 187 cm³/mol. The van der Waals surface area contributed by atoms with Gasteiger partial charge in [0.2, 0.25) is 0 Å². The van der Waals surface area contributed by atoms with E-state index >= 15 is 0 Å². The third kappa shape index (κ3) is 3.93. The number of hydrogen-bond donors (Lipinski definition) is 0. The molecular formula is C46H42. The van der Waals surface area contributed by atoms with Crippen LogP contribution in [-0.2, 0) is 21.7 Å². The van der Waals surface area contributed by atoms with Crippen LogP contribution in [0.5, 0.6) is 0 Å². The molecule has 0 aromatic heterocycles. The summed E-state index contributed by atoms with van der Waals surface area (Å²) in [5, 5.41) is 0. The monoisotopic (exact) mass is 594 g/mol. The second-order valence-electron chi connectivity index (χ2n) is 16.7. The lowest BCUT2D eigenvalue weighted by atomic mass is 9.41. The van der Waals surface area contributed by atoms with Crippen molar-refractivity contribution in [3.8, 4) is 49.4 Å². The summed E-state index contributed by atoms with van der Waals surface area (Å²) in [6.45, 7) is 0. The fourth-order valence-corrected chi connectivity index (χ4v) is 13.3. The molecule has 3 aromatic carbocycles. The molecule has 226 valence electrons. The highest BCUT2D eigenvalue weighted by molar-refractivity contribution is 5.54. The molecule has 0 amide bonds. The molecule has 8 fully saturated rings. The van der Waals surface area contributed by atoms with Crippen molar-refractivity contribution in [2.75, 3.05) is 0 Å². The van der Waals surface area contributed by atoms with E-state index in [0.29, 0.717) is 0 Å². The van der Waals surface area contributed by atoms with Gasteiger partial charge >= 0.3 is 0 Å². The average molecular weight is 595 g/mol. The minimum absolute atomic E-state index is 0.208. The molecule has 4 atom stereocenters. The molecule has 0 spiro atoms. The average Bonchev–Trinajstić information content (AvgIpc) is 3.06. The molecule has 8 aliphatic rings. The minimum Gasteiger partial charge on any atom is -0.115 e. The molecule has 0 radical (unpaired) electrons. The Morgan fingerprint density at radius 3 is 0.978 bits per heavy atom. The Morgan fingerprint density at radius 1 is 0.391 bits per heavy atom. The first kappa shape index (κ1) is 28.1. The number of terminal acetylenes is 4. The summed E-state index contributed by atoms with van der Waals surface area (Å²) in [5.41, 5.74) is 10.4. The zero-order valence-corrected chi connectivity index (χ0v) is 26.9. The Bertz CT molecular complexity index is 1770. The number of rotatable bonds is 4. The molecule has 8 saturated carbocycles. The molecule has 0 nitrogen and oxygen atoms in total. The van der Waals surface area contributed by atoms with Crippen LogP contribution in [0.15, 0.2) is 60.7 Å². The summed E-state index contributed by atoms with van der Waals surface area (Å²) >= 11 is 0. The van der Waals surface area contributed by atoms with Crippen LogP contribution in [0.2, 0.25) is 0 Å². The van der Waals surface area contributed by atoms with Gasteiger partial charge < -0.3 is 0 Å². The van der Waals surface area contributed by atoms with E-state index in [1.54, 1.807) is 11.1 Å². The molecule has 11 rings (SSSR count). The van der Waals surface area contributed by atoms with Crippen molar-refractivity contribution in [3.05, 3.63) is 105 Å². The highest BCUT2D eigenvalue weighted by Gasteiger charge is 2.60. The van der Waals surface area contributed by atoms with E-state index in [4.69, 9.17) is 25.7 Å². The van der Waals surface area contributed by atoms with E-state index < -0.39 is 0 Å². The van der Waals surface area contributed by atoms with Crippen LogP contribution in [-0.4, -0.2) is 0 Å². The zero-order chi connectivity index (χ0) is 31.3. The largest absolute Gasteiger partial charge is 0.115 e. The SMILES string of the molecule is C#Cc1ccc(C23CC4CC(CC(c5ccc(C67CC8CC(C6)CC(c6ccc(C#C)c(C#C)c6)(C8)C7)cc5)(C4)C2)C3)cc1C#C. The van der Waals surface area contributed by atoms with Gasteiger partial charge in [0.15, 0.2) is 0 Å². The molecule has 0 heteroatoms. The van der Waals surface area contributed by atoms with Crippen molar-refractivity contribution in [1.29, 1.82) is 0 Å². The van der Waals surface area contributed by atoms with Crippen LogP contribution in [0.4, 0.5) is 0 Å². The summed E-state index contributed by atoms with van der Waals surface area (Å²) in [6.07, 6.45) is 39.2. The standard InChI is InChI=1S/C46H42/c1-5-35-9-11-41(19-37(35)7-3)45-25-31-17-32(26-45)22-43(21-31,29-45)39-13-15-40(16-14-39)44-23-33-18-34(24-44)28-46(27-33,30-44)42-12-10-36(6-2)38(8-4)20-42/h1-4,9-16,19-20,31-34H,17-18,21-30H2. The van der Waals surface area contributed by atoms with Gasteiger partial charge in [-0.1, -0.05) is 60.1 Å². The van der Waals surface area contributed by atoms with Crippen LogP contribution in [0.1, 0.15) is 122 Å². The summed E-state index contributed by atoms with van der Waals surface area (Å²) in [4.78, 5) is 0. The normalized spacial score (nSPS) is 37.7. The number of benzene rings is 3. The molecule has 3 aromatic rings. The fourth-order valence-electron chi connectivity index (χ4n) is 13.3. The first-order valence-corrected chi connectivity index (χ1v) is 17.6. The lowest BCUT2D eigenvalue weighted by Crippen LogP contribution is -2.56. The Labute approximate surface area is 276 Å². The van der Waals surface area contributed by atoms with Crippen LogP contribution in [0.25, 0.3) is 0 Å². The molecule has 0 aliphatic heterocycles. The lowest BCUT2D eigenvalue weighted by Gasteiger charge is -2.63. The fraction of sp³-hybridized carbons (Fsp3) is 0.435. The maximum atomic E-state index is 5.93. The highest BCUT2D eigenvalue weighted by Crippen LogP contribution is 2.68. The second kappa shape index (κ2) is 9.71. The van der Waals surface area contributed by atoms with E-state index in [1.165, 1.54) is 88.2 Å². The highest BCUT2D eigenvalue weighted by atomic mass is 14.6. The van der Waals surface area contributed by atoms with Gasteiger partial charge in [0.05, 0.1) is 0 Å². The van der Waals surface area contributed by atoms with Gasteiger partial charge in [-0.2, -0.15) is 0 Å². The van der Waals surface area contributed by atoms with Crippen molar-refractivity contribution in [2.45, 2.75) is 98.7 Å². The van der Waals surface area contributed by atoms with E-state index in [2.05, 4.69) is 84.3 Å². The van der Waals surface area contributed by atoms with Gasteiger partial charge in [-0.25, -0.2) is 0 Å². The van der Waals surface area contributed by atoms with Gasteiger partial charge in [-0.05, 0) is 169 Å². The van der Waals surface area contributed by atoms with Gasteiger partial charge in [-0.3, -0.25) is 0 Å². The topological polar surface area (TPSA) is 0 Å². The maximum absolute atomic E-state index is 5.93. The summed E-state index contributed by atoms with van der Waals surface area (Å²) in [6, 6.07) is 23.6. The first-order valence-electron chi connectivity index (χ1n) is 17.6. The van der Waals surface area contributed by atoms with E-state index in [-0.39, 0.29) is 21.7 Å². The predicted octanol–water partition coefficient (Wildman–Crippen LogP) is 9.19. The molecule has 0 saturated heterocycles. The van der Waals surface area contributed by atoms with Crippen LogP contribution in [0, 0.1) is 73.0 Å². The van der Waals surface area contributed by atoms with E-state index in [0.717, 1.165) is 45.9 Å². The van der Waals surface area contributed by atoms with Crippen LogP contribution < -0.4 is 0 Å². The van der Waals surface area contributed by atoms with Crippen molar-refractivity contribution >= 4 is 0 Å². The Morgan fingerprint density at radius 2 is 0.674 bits per heavy atom. The van der Waals surface area contributed by atoms with Crippen LogP contribution >= 0.6 is 0 Å². The van der Waals surface area contributed by atoms with Gasteiger partial charge in [0.25, 0.3) is 0 Å². The smallest absolute Gasteiger partial charge is 0.0402 e. The quantitative estimate of drug-likeness (QED) is 0.264.